The van der Waals surface area contributed by atoms with E-state index in [-0.39, 0.29) is 16.4 Å². The molecule has 0 aromatic carbocycles. The van der Waals surface area contributed by atoms with Crippen molar-refractivity contribution in [3.63, 3.8) is 0 Å². The van der Waals surface area contributed by atoms with E-state index < -0.39 is 0 Å². The van der Waals surface area contributed by atoms with Gasteiger partial charge < -0.3 is 10.1 Å². The van der Waals surface area contributed by atoms with Crippen LogP contribution in [-0.4, -0.2) is 22.9 Å². The molecule has 0 saturated carbocycles. The van der Waals surface area contributed by atoms with Crippen LogP contribution in [0.1, 0.15) is 20.8 Å². The van der Waals surface area contributed by atoms with Crippen LogP contribution in [0.2, 0.25) is 0 Å². The highest BCUT2D eigenvalue weighted by Gasteiger charge is 2.09. The number of hydrogen-bond acceptors (Lipinski definition) is 3. The Labute approximate surface area is 105 Å². The maximum Gasteiger partial charge on any atom is 0.106 e. The topological polar surface area (TPSA) is 33.3 Å². The molecule has 1 heterocycles. The Morgan fingerprint density at radius 3 is 2.87 bits per heavy atom. The van der Waals surface area contributed by atoms with E-state index in [0.29, 0.717) is 0 Å². The molecule has 4 heteroatoms. The van der Waals surface area contributed by atoms with Crippen molar-refractivity contribution in [2.75, 3.05) is 6.54 Å². The quantitative estimate of drug-likeness (QED) is 0.601. The zero-order chi connectivity index (χ0) is 11.3. The fraction of sp³-hybridized carbons (Fsp3) is 0.636. The smallest absolute Gasteiger partial charge is 0.106 e. The molecular formula is C11H19IN2O. The van der Waals surface area contributed by atoms with E-state index in [1.54, 1.807) is 0 Å². The van der Waals surface area contributed by atoms with Gasteiger partial charge in [0.05, 0.1) is 12.3 Å². The molecule has 15 heavy (non-hydrogen) atoms. The van der Waals surface area contributed by atoms with Crippen LogP contribution in [0.3, 0.4) is 0 Å². The zero-order valence-corrected chi connectivity index (χ0v) is 11.6. The van der Waals surface area contributed by atoms with Crippen molar-refractivity contribution in [2.24, 2.45) is 0 Å². The fourth-order valence-electron chi connectivity index (χ4n) is 1.36. The summed E-state index contributed by atoms with van der Waals surface area (Å²) in [6.45, 7) is 7.04. The van der Waals surface area contributed by atoms with E-state index in [9.17, 15) is 0 Å². The first-order valence-corrected chi connectivity index (χ1v) is 6.46. The Morgan fingerprint density at radius 2 is 2.33 bits per heavy atom. The van der Waals surface area contributed by atoms with E-state index in [1.165, 1.54) is 5.57 Å². The van der Waals surface area contributed by atoms with E-state index in [0.717, 1.165) is 6.54 Å². The predicted molar refractivity (Wildman–Crippen MR) is 71.9 cm³/mol. The molecule has 0 saturated heterocycles. The van der Waals surface area contributed by atoms with Gasteiger partial charge in [-0.15, -0.1) is 0 Å². The predicted octanol–water partition coefficient (Wildman–Crippen LogP) is 2.15. The number of allylic oxidation sites excluding steroid dienone is 2. The molecule has 1 aliphatic rings. The number of rotatable bonds is 5. The number of alkyl halides is 1. The van der Waals surface area contributed by atoms with Gasteiger partial charge in [-0.25, -0.2) is 0 Å². The van der Waals surface area contributed by atoms with Crippen molar-refractivity contribution in [3.8, 4) is 0 Å². The van der Waals surface area contributed by atoms with Crippen LogP contribution in [-0.2, 0) is 4.74 Å². The standard InChI is InChI=1S/C11H19IN2O/c1-8-4-5-11(13-6-8)14-7-9(2)15-10(3)12/h4-6,9-11,13-14H,7H2,1-3H3/t9-,10+,11?/m0/s1. The molecule has 0 aromatic heterocycles. The second-order valence-electron chi connectivity index (χ2n) is 3.79. The molecular weight excluding hydrogens is 303 g/mol. The lowest BCUT2D eigenvalue weighted by Gasteiger charge is -2.22. The molecule has 1 unspecified atom stereocenters. The Morgan fingerprint density at radius 1 is 1.60 bits per heavy atom. The molecule has 0 bridgehead atoms. The minimum Gasteiger partial charge on any atom is -0.372 e. The lowest BCUT2D eigenvalue weighted by atomic mass is 10.2. The molecule has 1 aliphatic heterocycles. The summed E-state index contributed by atoms with van der Waals surface area (Å²) in [4.78, 5) is 0. The molecule has 0 aromatic rings. The molecule has 0 spiro atoms. The molecule has 3 nitrogen and oxygen atoms in total. The third-order valence-electron chi connectivity index (χ3n) is 2.09. The number of halogens is 1. The van der Waals surface area contributed by atoms with Crippen molar-refractivity contribution in [1.82, 2.24) is 10.6 Å². The summed E-state index contributed by atoms with van der Waals surface area (Å²) >= 11 is 2.27. The van der Waals surface area contributed by atoms with Crippen LogP contribution in [0.25, 0.3) is 0 Å². The minimum absolute atomic E-state index is 0.226. The Balaban J connectivity index is 2.18. The van der Waals surface area contributed by atoms with Crippen molar-refractivity contribution < 1.29 is 4.74 Å². The van der Waals surface area contributed by atoms with Crippen LogP contribution < -0.4 is 10.6 Å². The summed E-state index contributed by atoms with van der Waals surface area (Å²) in [5.41, 5.74) is 1.25. The zero-order valence-electron chi connectivity index (χ0n) is 9.46. The van der Waals surface area contributed by atoms with Gasteiger partial charge in [-0.3, -0.25) is 5.32 Å². The van der Waals surface area contributed by atoms with E-state index in [4.69, 9.17) is 4.74 Å². The highest BCUT2D eigenvalue weighted by atomic mass is 127. The second kappa shape index (κ2) is 6.50. The first-order valence-electron chi connectivity index (χ1n) is 5.22. The lowest BCUT2D eigenvalue weighted by Crippen LogP contribution is -2.43. The summed E-state index contributed by atoms with van der Waals surface area (Å²) in [5, 5.41) is 6.64. The first-order chi connectivity index (χ1) is 7.08. The van der Waals surface area contributed by atoms with Crippen LogP contribution in [0.15, 0.2) is 23.9 Å². The summed E-state index contributed by atoms with van der Waals surface area (Å²) in [7, 11) is 0. The molecule has 3 atom stereocenters. The Bertz CT molecular complexity index is 251. The fourth-order valence-corrected chi connectivity index (χ4v) is 1.86. The van der Waals surface area contributed by atoms with Gasteiger partial charge in [0, 0.05) is 12.7 Å². The monoisotopic (exact) mass is 322 g/mol. The molecule has 0 aliphatic carbocycles. The average molecular weight is 322 g/mol. The summed E-state index contributed by atoms with van der Waals surface area (Å²) < 4.78 is 5.88. The molecule has 1 rings (SSSR count). The Hall–Kier alpha value is -0.0700. The third kappa shape index (κ3) is 5.53. The van der Waals surface area contributed by atoms with Crippen molar-refractivity contribution >= 4 is 22.6 Å². The van der Waals surface area contributed by atoms with Crippen LogP contribution >= 0.6 is 22.6 Å². The number of hydrogen-bond donors (Lipinski definition) is 2. The average Bonchev–Trinajstić information content (AvgIpc) is 2.16. The molecule has 0 radical (unpaired) electrons. The Kier molecular flexibility index (Phi) is 5.63. The van der Waals surface area contributed by atoms with Crippen LogP contribution in [0, 0.1) is 0 Å². The van der Waals surface area contributed by atoms with E-state index in [1.807, 2.05) is 13.1 Å². The highest BCUT2D eigenvalue weighted by Crippen LogP contribution is 2.05. The summed E-state index contributed by atoms with van der Waals surface area (Å²) in [5.74, 6) is 0. The number of ether oxygens (including phenoxy) is 1. The van der Waals surface area contributed by atoms with Crippen molar-refractivity contribution in [1.29, 1.82) is 0 Å². The van der Waals surface area contributed by atoms with Crippen molar-refractivity contribution in [2.45, 2.75) is 37.2 Å². The third-order valence-corrected chi connectivity index (χ3v) is 2.38. The van der Waals surface area contributed by atoms with Crippen molar-refractivity contribution in [3.05, 3.63) is 23.9 Å². The molecule has 2 N–H and O–H groups in total. The van der Waals surface area contributed by atoms with E-state index >= 15 is 0 Å². The van der Waals surface area contributed by atoms with Gasteiger partial charge in [0.15, 0.2) is 0 Å². The highest BCUT2D eigenvalue weighted by molar-refractivity contribution is 14.1. The number of nitrogens with one attached hydrogen (secondary N) is 2. The lowest BCUT2D eigenvalue weighted by molar-refractivity contribution is 0.0636. The maximum atomic E-state index is 5.62. The summed E-state index contributed by atoms with van der Waals surface area (Å²) in [6, 6.07) is 0. The summed E-state index contributed by atoms with van der Waals surface area (Å²) in [6.07, 6.45) is 6.71. The maximum absolute atomic E-state index is 5.62. The van der Waals surface area contributed by atoms with E-state index in [2.05, 4.69) is 59.2 Å². The van der Waals surface area contributed by atoms with Gasteiger partial charge in [-0.1, -0.05) is 28.7 Å². The van der Waals surface area contributed by atoms with Gasteiger partial charge in [-0.2, -0.15) is 0 Å². The van der Waals surface area contributed by atoms with Gasteiger partial charge in [0.1, 0.15) is 4.11 Å². The van der Waals surface area contributed by atoms with Crippen LogP contribution in [0.4, 0.5) is 0 Å². The van der Waals surface area contributed by atoms with Gasteiger partial charge in [-0.05, 0) is 32.4 Å². The van der Waals surface area contributed by atoms with Gasteiger partial charge in [0.25, 0.3) is 0 Å². The van der Waals surface area contributed by atoms with Crippen LogP contribution in [0.5, 0.6) is 0 Å². The second-order valence-corrected chi connectivity index (χ2v) is 5.54. The minimum atomic E-state index is 0.226. The largest absolute Gasteiger partial charge is 0.372 e. The normalized spacial score (nSPS) is 24.3. The first kappa shape index (κ1) is 13.0. The molecule has 0 amide bonds. The molecule has 86 valence electrons. The SMILES string of the molecule is CC1=CNC(NC[C@H](C)O[C@H](C)I)C=C1. The number of dihydropyridines is 1. The van der Waals surface area contributed by atoms with Gasteiger partial charge in [0.2, 0.25) is 0 Å². The van der Waals surface area contributed by atoms with Gasteiger partial charge >= 0.3 is 0 Å². The molecule has 0 fully saturated rings.